The molecule has 0 saturated carbocycles. The molecule has 0 aliphatic rings. The number of hydrogen-bond acceptors (Lipinski definition) is 3. The van der Waals surface area contributed by atoms with Crippen molar-refractivity contribution in [2.24, 2.45) is 0 Å². The smallest absolute Gasteiger partial charge is 0.256 e. The van der Waals surface area contributed by atoms with Gasteiger partial charge in [0.25, 0.3) is 5.91 Å². The quantitative estimate of drug-likeness (QED) is 0.636. The Balaban J connectivity index is 2.79. The highest BCUT2D eigenvalue weighted by atomic mass is 32.1. The SMILES string of the molecule is CCOCCN(CC)C(=O)c1cc(S)ccc1F. The summed E-state index contributed by atoms with van der Waals surface area (Å²) in [6.07, 6.45) is 0. The van der Waals surface area contributed by atoms with E-state index in [0.717, 1.165) is 0 Å². The van der Waals surface area contributed by atoms with Crippen molar-refractivity contribution in [3.8, 4) is 0 Å². The van der Waals surface area contributed by atoms with Gasteiger partial charge in [-0.15, -0.1) is 12.6 Å². The van der Waals surface area contributed by atoms with Crippen molar-refractivity contribution in [2.45, 2.75) is 18.7 Å². The lowest BCUT2D eigenvalue weighted by Gasteiger charge is -2.21. The number of carbonyl (C=O) groups is 1. The Kier molecular flexibility index (Phi) is 6.15. The number of halogens is 1. The number of ether oxygens (including phenoxy) is 1. The van der Waals surface area contributed by atoms with Crippen molar-refractivity contribution in [3.63, 3.8) is 0 Å². The van der Waals surface area contributed by atoms with Crippen molar-refractivity contribution in [1.29, 1.82) is 0 Å². The van der Waals surface area contributed by atoms with Crippen LogP contribution in [0.3, 0.4) is 0 Å². The van der Waals surface area contributed by atoms with E-state index in [2.05, 4.69) is 12.6 Å². The molecule has 0 fully saturated rings. The fourth-order valence-corrected chi connectivity index (χ4v) is 1.77. The van der Waals surface area contributed by atoms with Crippen molar-refractivity contribution in [1.82, 2.24) is 4.90 Å². The van der Waals surface area contributed by atoms with Crippen molar-refractivity contribution in [2.75, 3.05) is 26.3 Å². The summed E-state index contributed by atoms with van der Waals surface area (Å²) >= 11 is 4.12. The normalized spacial score (nSPS) is 10.4. The van der Waals surface area contributed by atoms with Gasteiger partial charge in [-0.25, -0.2) is 4.39 Å². The van der Waals surface area contributed by atoms with Crippen LogP contribution in [0.2, 0.25) is 0 Å². The van der Waals surface area contributed by atoms with Gasteiger partial charge in [0.1, 0.15) is 5.82 Å². The largest absolute Gasteiger partial charge is 0.380 e. The second-order valence-corrected chi connectivity index (χ2v) is 4.26. The molecule has 0 saturated heterocycles. The van der Waals surface area contributed by atoms with Crippen LogP contribution in [0.15, 0.2) is 23.1 Å². The molecule has 18 heavy (non-hydrogen) atoms. The van der Waals surface area contributed by atoms with Gasteiger partial charge in [-0.3, -0.25) is 4.79 Å². The minimum absolute atomic E-state index is 0.0563. The zero-order valence-corrected chi connectivity index (χ0v) is 11.5. The summed E-state index contributed by atoms with van der Waals surface area (Å²) in [4.78, 5) is 14.3. The maximum Gasteiger partial charge on any atom is 0.256 e. The van der Waals surface area contributed by atoms with E-state index < -0.39 is 5.82 Å². The van der Waals surface area contributed by atoms with Crippen LogP contribution in [0, 0.1) is 5.82 Å². The first kappa shape index (κ1) is 15.0. The first-order valence-electron chi connectivity index (χ1n) is 5.95. The Morgan fingerprint density at radius 1 is 1.44 bits per heavy atom. The molecular weight excluding hydrogens is 253 g/mol. The van der Waals surface area contributed by atoms with Crippen LogP contribution >= 0.6 is 12.6 Å². The Bertz CT molecular complexity index is 412. The third kappa shape index (κ3) is 3.99. The van der Waals surface area contributed by atoms with Crippen LogP contribution in [-0.2, 0) is 4.74 Å². The summed E-state index contributed by atoms with van der Waals surface area (Å²) in [6, 6.07) is 4.22. The van der Waals surface area contributed by atoms with Crippen LogP contribution in [0.4, 0.5) is 4.39 Å². The van der Waals surface area contributed by atoms with Gasteiger partial charge in [0.05, 0.1) is 12.2 Å². The molecule has 5 heteroatoms. The topological polar surface area (TPSA) is 29.5 Å². The van der Waals surface area contributed by atoms with E-state index in [1.807, 2.05) is 13.8 Å². The van der Waals surface area contributed by atoms with E-state index >= 15 is 0 Å². The van der Waals surface area contributed by atoms with Crippen LogP contribution in [0.25, 0.3) is 0 Å². The van der Waals surface area contributed by atoms with Gasteiger partial charge in [0, 0.05) is 24.6 Å². The van der Waals surface area contributed by atoms with E-state index in [1.165, 1.54) is 18.2 Å². The standard InChI is InChI=1S/C13H18FNO2S/c1-3-15(7-8-17-4-2)13(16)11-9-10(18)5-6-12(11)14/h5-6,9,18H,3-4,7-8H2,1-2H3. The van der Waals surface area contributed by atoms with E-state index in [4.69, 9.17) is 4.74 Å². The molecule has 0 unspecified atom stereocenters. The fourth-order valence-electron chi connectivity index (χ4n) is 1.57. The molecule has 0 aliphatic heterocycles. The molecule has 1 amide bonds. The molecule has 0 aromatic heterocycles. The van der Waals surface area contributed by atoms with Gasteiger partial charge >= 0.3 is 0 Å². The third-order valence-electron chi connectivity index (χ3n) is 2.56. The summed E-state index contributed by atoms with van der Waals surface area (Å²) in [5.41, 5.74) is 0.0563. The molecule has 0 atom stereocenters. The predicted molar refractivity (Wildman–Crippen MR) is 71.7 cm³/mol. The lowest BCUT2D eigenvalue weighted by Crippen LogP contribution is -2.34. The van der Waals surface area contributed by atoms with E-state index in [9.17, 15) is 9.18 Å². The number of amides is 1. The van der Waals surface area contributed by atoms with Crippen molar-refractivity contribution in [3.05, 3.63) is 29.6 Å². The monoisotopic (exact) mass is 271 g/mol. The summed E-state index contributed by atoms with van der Waals surface area (Å²) in [5, 5.41) is 0. The molecule has 0 N–H and O–H groups in total. The summed E-state index contributed by atoms with van der Waals surface area (Å²) < 4.78 is 18.8. The third-order valence-corrected chi connectivity index (χ3v) is 2.84. The second-order valence-electron chi connectivity index (χ2n) is 3.75. The minimum atomic E-state index is -0.521. The number of likely N-dealkylation sites (N-methyl/N-ethyl adjacent to an activating group) is 1. The maximum absolute atomic E-state index is 13.6. The zero-order valence-electron chi connectivity index (χ0n) is 10.6. The lowest BCUT2D eigenvalue weighted by molar-refractivity contribution is 0.0664. The first-order valence-corrected chi connectivity index (χ1v) is 6.40. The van der Waals surface area contributed by atoms with E-state index in [0.29, 0.717) is 31.2 Å². The van der Waals surface area contributed by atoms with Gasteiger partial charge in [0.2, 0.25) is 0 Å². The van der Waals surface area contributed by atoms with E-state index in [1.54, 1.807) is 4.90 Å². The van der Waals surface area contributed by atoms with Crippen LogP contribution in [-0.4, -0.2) is 37.1 Å². The highest BCUT2D eigenvalue weighted by Crippen LogP contribution is 2.15. The van der Waals surface area contributed by atoms with Crippen LogP contribution < -0.4 is 0 Å². The van der Waals surface area contributed by atoms with Gasteiger partial charge in [-0.05, 0) is 32.0 Å². The van der Waals surface area contributed by atoms with Crippen molar-refractivity contribution < 1.29 is 13.9 Å². The van der Waals surface area contributed by atoms with Gasteiger partial charge in [0.15, 0.2) is 0 Å². The highest BCUT2D eigenvalue weighted by Gasteiger charge is 2.17. The molecule has 0 aliphatic carbocycles. The molecule has 1 aromatic carbocycles. The van der Waals surface area contributed by atoms with Gasteiger partial charge < -0.3 is 9.64 Å². The molecule has 0 heterocycles. The number of benzene rings is 1. The average Bonchev–Trinajstić information content (AvgIpc) is 2.37. The zero-order chi connectivity index (χ0) is 13.5. The number of carbonyl (C=O) groups excluding carboxylic acids is 1. The molecule has 1 rings (SSSR count). The lowest BCUT2D eigenvalue weighted by atomic mass is 10.2. The molecule has 0 bridgehead atoms. The Labute approximate surface area is 112 Å². The number of nitrogens with zero attached hydrogens (tertiary/aromatic N) is 1. The number of hydrogen-bond donors (Lipinski definition) is 1. The molecule has 0 spiro atoms. The van der Waals surface area contributed by atoms with Gasteiger partial charge in [-0.1, -0.05) is 0 Å². The van der Waals surface area contributed by atoms with Crippen LogP contribution in [0.1, 0.15) is 24.2 Å². The minimum Gasteiger partial charge on any atom is -0.380 e. The number of thiol groups is 1. The van der Waals surface area contributed by atoms with Crippen molar-refractivity contribution >= 4 is 18.5 Å². The molecule has 1 aromatic rings. The molecular formula is C13H18FNO2S. The summed E-state index contributed by atoms with van der Waals surface area (Å²) in [6.45, 7) is 5.78. The molecule has 0 radical (unpaired) electrons. The number of rotatable bonds is 6. The van der Waals surface area contributed by atoms with Crippen LogP contribution in [0.5, 0.6) is 0 Å². The Morgan fingerprint density at radius 2 is 2.17 bits per heavy atom. The summed E-state index contributed by atoms with van der Waals surface area (Å²) in [7, 11) is 0. The fraction of sp³-hybridized carbons (Fsp3) is 0.462. The second kappa shape index (κ2) is 7.38. The average molecular weight is 271 g/mol. The van der Waals surface area contributed by atoms with Gasteiger partial charge in [-0.2, -0.15) is 0 Å². The first-order chi connectivity index (χ1) is 8.60. The molecule has 3 nitrogen and oxygen atoms in total. The predicted octanol–water partition coefficient (Wildman–Crippen LogP) is 2.61. The Hall–Kier alpha value is -1.07. The Morgan fingerprint density at radius 3 is 2.78 bits per heavy atom. The summed E-state index contributed by atoms with van der Waals surface area (Å²) in [5.74, 6) is -0.849. The maximum atomic E-state index is 13.6. The highest BCUT2D eigenvalue weighted by molar-refractivity contribution is 7.80. The molecule has 100 valence electrons. The van der Waals surface area contributed by atoms with E-state index in [-0.39, 0.29) is 11.5 Å².